The Morgan fingerprint density at radius 1 is 0.920 bits per heavy atom. The van der Waals surface area contributed by atoms with Crippen molar-refractivity contribution in [2.45, 2.75) is 76.3 Å². The monoisotopic (exact) mass is 348 g/mol. The standard InChI is InChI=1S/C12H23N.C7H5NO4/c1-3-7-11(8-4-1)13-12-9-5-2-6-10-12;9-7(10)5-1-3-6(4-2-5)8(11)12/h11-13H,1-10H2;1-4H,(H,9,10). The van der Waals surface area contributed by atoms with Crippen molar-refractivity contribution < 1.29 is 14.8 Å². The van der Waals surface area contributed by atoms with Crippen molar-refractivity contribution in [3.63, 3.8) is 0 Å². The molecule has 6 nitrogen and oxygen atoms in total. The van der Waals surface area contributed by atoms with Gasteiger partial charge in [0.25, 0.3) is 5.69 Å². The van der Waals surface area contributed by atoms with Gasteiger partial charge in [0.1, 0.15) is 0 Å². The van der Waals surface area contributed by atoms with Crippen LogP contribution in [0.2, 0.25) is 0 Å². The fourth-order valence-corrected chi connectivity index (χ4v) is 3.60. The Morgan fingerprint density at radius 2 is 1.36 bits per heavy atom. The van der Waals surface area contributed by atoms with Crippen LogP contribution in [-0.4, -0.2) is 28.1 Å². The molecule has 2 fully saturated rings. The van der Waals surface area contributed by atoms with Crippen LogP contribution in [0.5, 0.6) is 0 Å². The fraction of sp³-hybridized carbons (Fsp3) is 0.632. The molecule has 0 atom stereocenters. The van der Waals surface area contributed by atoms with Gasteiger partial charge in [-0.2, -0.15) is 0 Å². The van der Waals surface area contributed by atoms with Crippen LogP contribution in [0, 0.1) is 10.1 Å². The van der Waals surface area contributed by atoms with E-state index < -0.39 is 10.9 Å². The van der Waals surface area contributed by atoms with Gasteiger partial charge in [0.05, 0.1) is 10.5 Å². The van der Waals surface area contributed by atoms with Gasteiger partial charge in [-0.05, 0) is 37.8 Å². The minimum atomic E-state index is -1.09. The zero-order valence-electron chi connectivity index (χ0n) is 14.7. The molecule has 0 amide bonds. The second kappa shape index (κ2) is 10.1. The number of non-ortho nitro benzene ring substituents is 1. The van der Waals surface area contributed by atoms with Crippen LogP contribution in [-0.2, 0) is 0 Å². The lowest BCUT2D eigenvalue weighted by Crippen LogP contribution is -2.40. The van der Waals surface area contributed by atoms with Crippen molar-refractivity contribution in [1.29, 1.82) is 0 Å². The molecule has 0 unspecified atom stereocenters. The lowest BCUT2D eigenvalue weighted by Gasteiger charge is -2.30. The first-order valence-electron chi connectivity index (χ1n) is 9.30. The highest BCUT2D eigenvalue weighted by Gasteiger charge is 2.19. The number of nitrogens with zero attached hydrogens (tertiary/aromatic N) is 1. The van der Waals surface area contributed by atoms with E-state index in [1.54, 1.807) is 0 Å². The number of aromatic carboxylic acids is 1. The minimum Gasteiger partial charge on any atom is -0.478 e. The van der Waals surface area contributed by atoms with E-state index in [0.29, 0.717) is 0 Å². The summed E-state index contributed by atoms with van der Waals surface area (Å²) in [6.45, 7) is 0. The van der Waals surface area contributed by atoms with Crippen molar-refractivity contribution in [1.82, 2.24) is 5.32 Å². The fourth-order valence-electron chi connectivity index (χ4n) is 3.60. The van der Waals surface area contributed by atoms with Crippen LogP contribution in [0.25, 0.3) is 0 Å². The highest BCUT2D eigenvalue weighted by atomic mass is 16.6. The van der Waals surface area contributed by atoms with E-state index in [2.05, 4.69) is 5.32 Å². The molecule has 0 spiro atoms. The number of carbonyl (C=O) groups is 1. The zero-order chi connectivity index (χ0) is 18.1. The lowest BCUT2D eigenvalue weighted by molar-refractivity contribution is -0.384. The van der Waals surface area contributed by atoms with E-state index in [1.807, 2.05) is 0 Å². The summed E-state index contributed by atoms with van der Waals surface area (Å²) in [5, 5.41) is 22.4. The third-order valence-corrected chi connectivity index (χ3v) is 5.01. The largest absolute Gasteiger partial charge is 0.478 e. The van der Waals surface area contributed by atoms with Gasteiger partial charge in [-0.15, -0.1) is 0 Å². The van der Waals surface area contributed by atoms with E-state index in [-0.39, 0.29) is 11.3 Å². The summed E-state index contributed by atoms with van der Waals surface area (Å²) in [5.41, 5.74) is -0.0689. The summed E-state index contributed by atoms with van der Waals surface area (Å²) in [6.07, 6.45) is 14.6. The number of nitro groups is 1. The molecule has 2 aliphatic rings. The maximum absolute atomic E-state index is 10.3. The van der Waals surface area contributed by atoms with Gasteiger partial charge in [-0.1, -0.05) is 38.5 Å². The molecule has 2 saturated carbocycles. The maximum atomic E-state index is 10.3. The summed E-state index contributed by atoms with van der Waals surface area (Å²) < 4.78 is 0. The summed E-state index contributed by atoms with van der Waals surface area (Å²) in [6, 6.07) is 6.45. The second-order valence-corrected chi connectivity index (χ2v) is 6.95. The Hall–Kier alpha value is -1.95. The number of benzene rings is 1. The van der Waals surface area contributed by atoms with E-state index in [4.69, 9.17) is 5.11 Å². The van der Waals surface area contributed by atoms with E-state index >= 15 is 0 Å². The van der Waals surface area contributed by atoms with Crippen LogP contribution in [0.1, 0.15) is 74.6 Å². The molecule has 0 aromatic heterocycles. The van der Waals surface area contributed by atoms with Gasteiger partial charge < -0.3 is 10.4 Å². The number of carboxylic acid groups (broad SMARTS) is 1. The first-order chi connectivity index (χ1) is 12.1. The van der Waals surface area contributed by atoms with Gasteiger partial charge in [-0.3, -0.25) is 10.1 Å². The molecule has 0 bridgehead atoms. The predicted octanol–water partition coefficient (Wildman–Crippen LogP) is 4.53. The second-order valence-electron chi connectivity index (χ2n) is 6.95. The summed E-state index contributed by atoms with van der Waals surface area (Å²) in [7, 11) is 0. The number of carboxylic acids is 1. The predicted molar refractivity (Wildman–Crippen MR) is 96.9 cm³/mol. The normalized spacial score (nSPS) is 18.9. The van der Waals surface area contributed by atoms with Crippen LogP contribution < -0.4 is 5.32 Å². The molecule has 6 heteroatoms. The molecule has 0 aliphatic heterocycles. The van der Waals surface area contributed by atoms with Gasteiger partial charge >= 0.3 is 5.97 Å². The third kappa shape index (κ3) is 6.82. The lowest BCUT2D eigenvalue weighted by atomic mass is 9.91. The molecule has 25 heavy (non-hydrogen) atoms. The van der Waals surface area contributed by atoms with Gasteiger partial charge in [0.15, 0.2) is 0 Å². The van der Waals surface area contributed by atoms with Gasteiger partial charge in [-0.25, -0.2) is 4.79 Å². The average molecular weight is 348 g/mol. The molecule has 2 N–H and O–H groups in total. The highest BCUT2D eigenvalue weighted by molar-refractivity contribution is 5.87. The van der Waals surface area contributed by atoms with Gasteiger partial charge in [0, 0.05) is 24.2 Å². The van der Waals surface area contributed by atoms with E-state index in [1.165, 1.54) is 76.3 Å². The Balaban J connectivity index is 0.000000181. The van der Waals surface area contributed by atoms with E-state index in [0.717, 1.165) is 24.2 Å². The minimum absolute atomic E-state index is 0.0422. The van der Waals surface area contributed by atoms with Crippen molar-refractivity contribution in [2.24, 2.45) is 0 Å². The Morgan fingerprint density at radius 3 is 1.72 bits per heavy atom. The number of hydrogen-bond acceptors (Lipinski definition) is 4. The third-order valence-electron chi connectivity index (χ3n) is 5.01. The molecule has 0 saturated heterocycles. The molecule has 1 aromatic rings. The van der Waals surface area contributed by atoms with Crippen molar-refractivity contribution in [2.75, 3.05) is 0 Å². The molecule has 0 radical (unpaired) electrons. The first-order valence-corrected chi connectivity index (χ1v) is 9.30. The average Bonchev–Trinajstić information content (AvgIpc) is 2.64. The highest BCUT2D eigenvalue weighted by Crippen LogP contribution is 2.22. The molecule has 1 aromatic carbocycles. The molecule has 3 rings (SSSR count). The van der Waals surface area contributed by atoms with Gasteiger partial charge in [0.2, 0.25) is 0 Å². The number of hydrogen-bond donors (Lipinski definition) is 2. The van der Waals surface area contributed by atoms with Crippen LogP contribution in [0.3, 0.4) is 0 Å². The number of rotatable bonds is 4. The Kier molecular flexibility index (Phi) is 7.85. The van der Waals surface area contributed by atoms with Crippen molar-refractivity contribution >= 4 is 11.7 Å². The SMILES string of the molecule is C1CCC(NC2CCCCC2)CC1.O=C(O)c1ccc([N+](=O)[O-])cc1. The van der Waals surface area contributed by atoms with Crippen LogP contribution >= 0.6 is 0 Å². The quantitative estimate of drug-likeness (QED) is 0.616. The first kappa shape index (κ1) is 19.4. The van der Waals surface area contributed by atoms with Crippen LogP contribution in [0.4, 0.5) is 5.69 Å². The Bertz CT molecular complexity index is 498. The van der Waals surface area contributed by atoms with Crippen LogP contribution in [0.15, 0.2) is 24.3 Å². The number of nitrogens with one attached hydrogen (secondary N) is 1. The van der Waals surface area contributed by atoms with Crippen molar-refractivity contribution in [3.8, 4) is 0 Å². The zero-order valence-corrected chi connectivity index (χ0v) is 14.7. The summed E-state index contributed by atoms with van der Waals surface area (Å²) in [5.74, 6) is -1.09. The molecular formula is C19H28N2O4. The Labute approximate surface area is 148 Å². The number of nitro benzene ring substituents is 1. The van der Waals surface area contributed by atoms with E-state index in [9.17, 15) is 14.9 Å². The molecule has 138 valence electrons. The summed E-state index contributed by atoms with van der Waals surface area (Å²) >= 11 is 0. The summed E-state index contributed by atoms with van der Waals surface area (Å²) in [4.78, 5) is 19.9. The molecule has 0 heterocycles. The molecule has 2 aliphatic carbocycles. The van der Waals surface area contributed by atoms with Crippen molar-refractivity contribution in [3.05, 3.63) is 39.9 Å². The maximum Gasteiger partial charge on any atom is 0.335 e. The molecular weight excluding hydrogens is 320 g/mol. The topological polar surface area (TPSA) is 92.5 Å². The smallest absolute Gasteiger partial charge is 0.335 e.